The van der Waals surface area contributed by atoms with Crippen molar-refractivity contribution >= 4 is 15.9 Å². The van der Waals surface area contributed by atoms with Crippen LogP contribution < -0.4 is 9.47 Å². The van der Waals surface area contributed by atoms with Gasteiger partial charge in [0.15, 0.2) is 0 Å². The molecule has 1 aromatic rings. The largest absolute Gasteiger partial charge is 0.496 e. The summed E-state index contributed by atoms with van der Waals surface area (Å²) in [6.07, 6.45) is 2.10. The topological polar surface area (TPSA) is 30.9 Å². The monoisotopic (exact) mass is 343 g/mol. The molecule has 5 heteroatoms. The van der Waals surface area contributed by atoms with Crippen LogP contribution >= 0.6 is 15.9 Å². The van der Waals surface area contributed by atoms with Gasteiger partial charge in [-0.25, -0.2) is 0 Å². The molecule has 1 aromatic carbocycles. The maximum Gasteiger partial charge on any atom is 0.133 e. The average Bonchev–Trinajstić information content (AvgIpc) is 2.49. The van der Waals surface area contributed by atoms with Gasteiger partial charge in [0.05, 0.1) is 31.9 Å². The summed E-state index contributed by atoms with van der Waals surface area (Å²) in [5.41, 5.74) is 1.20. The number of hydrogen-bond donors (Lipinski definition) is 0. The zero-order chi connectivity index (χ0) is 14.4. The standard InChI is InChI=1S/C15H22BrNO3/c1-18-14-11-13(16)15(19-2)10-12(14)4-3-5-17-6-8-20-9-7-17/h10-11H,3-9H2,1-2H3. The first-order valence-corrected chi connectivity index (χ1v) is 7.74. The Hall–Kier alpha value is -0.780. The first kappa shape index (κ1) is 15.6. The van der Waals surface area contributed by atoms with E-state index in [-0.39, 0.29) is 0 Å². The Morgan fingerprint density at radius 2 is 1.85 bits per heavy atom. The smallest absolute Gasteiger partial charge is 0.133 e. The third kappa shape index (κ3) is 4.11. The molecule has 1 heterocycles. The minimum atomic E-state index is 0.854. The van der Waals surface area contributed by atoms with Gasteiger partial charge in [-0.2, -0.15) is 0 Å². The van der Waals surface area contributed by atoms with Gasteiger partial charge < -0.3 is 14.2 Å². The van der Waals surface area contributed by atoms with Gasteiger partial charge in [0.2, 0.25) is 0 Å². The Kier molecular flexibility index (Phi) is 6.13. The number of methoxy groups -OCH3 is 2. The number of halogens is 1. The van der Waals surface area contributed by atoms with Crippen LogP contribution in [0, 0.1) is 0 Å². The molecule has 1 aliphatic heterocycles. The van der Waals surface area contributed by atoms with E-state index in [4.69, 9.17) is 14.2 Å². The lowest BCUT2D eigenvalue weighted by molar-refractivity contribution is 0.0374. The number of rotatable bonds is 6. The van der Waals surface area contributed by atoms with Crippen LogP contribution in [0.4, 0.5) is 0 Å². The molecule has 0 atom stereocenters. The zero-order valence-electron chi connectivity index (χ0n) is 12.2. The summed E-state index contributed by atoms with van der Waals surface area (Å²) in [5.74, 6) is 1.77. The molecule has 0 bridgehead atoms. The fraction of sp³-hybridized carbons (Fsp3) is 0.600. The van der Waals surface area contributed by atoms with Crippen LogP contribution in [-0.4, -0.2) is 52.0 Å². The van der Waals surface area contributed by atoms with Gasteiger partial charge in [-0.15, -0.1) is 0 Å². The number of benzene rings is 1. The molecule has 1 aliphatic rings. The van der Waals surface area contributed by atoms with E-state index in [2.05, 4.69) is 26.9 Å². The summed E-state index contributed by atoms with van der Waals surface area (Å²) in [6.45, 7) is 4.90. The second kappa shape index (κ2) is 7.86. The Balaban J connectivity index is 1.93. The van der Waals surface area contributed by atoms with Crippen LogP contribution in [0.5, 0.6) is 11.5 Å². The van der Waals surface area contributed by atoms with Gasteiger partial charge in [-0.05, 0) is 53.0 Å². The predicted octanol–water partition coefficient (Wildman–Crippen LogP) is 2.73. The van der Waals surface area contributed by atoms with Crippen LogP contribution in [0.3, 0.4) is 0 Å². The van der Waals surface area contributed by atoms with Crippen molar-refractivity contribution in [2.75, 3.05) is 47.1 Å². The maximum absolute atomic E-state index is 5.45. The minimum absolute atomic E-state index is 0.854. The normalized spacial score (nSPS) is 16.1. The molecule has 0 amide bonds. The van der Waals surface area contributed by atoms with Crippen molar-refractivity contribution in [2.24, 2.45) is 0 Å². The third-order valence-corrected chi connectivity index (χ3v) is 4.20. The molecular formula is C15H22BrNO3. The first-order valence-electron chi connectivity index (χ1n) is 6.95. The number of nitrogens with zero attached hydrogens (tertiary/aromatic N) is 1. The van der Waals surface area contributed by atoms with Gasteiger partial charge in [-0.1, -0.05) is 0 Å². The summed E-state index contributed by atoms with van der Waals surface area (Å²) in [4.78, 5) is 2.45. The van der Waals surface area contributed by atoms with Gasteiger partial charge in [-0.3, -0.25) is 4.90 Å². The van der Waals surface area contributed by atoms with E-state index >= 15 is 0 Å². The van der Waals surface area contributed by atoms with E-state index in [1.165, 1.54) is 5.56 Å². The lowest BCUT2D eigenvalue weighted by Crippen LogP contribution is -2.36. The molecule has 0 radical (unpaired) electrons. The molecule has 1 saturated heterocycles. The Morgan fingerprint density at radius 1 is 1.15 bits per heavy atom. The van der Waals surface area contributed by atoms with E-state index in [0.717, 1.165) is 61.7 Å². The second-order valence-electron chi connectivity index (χ2n) is 4.86. The number of hydrogen-bond acceptors (Lipinski definition) is 4. The van der Waals surface area contributed by atoms with Gasteiger partial charge >= 0.3 is 0 Å². The maximum atomic E-state index is 5.45. The quantitative estimate of drug-likeness (QED) is 0.794. The fourth-order valence-corrected chi connectivity index (χ4v) is 2.92. The highest BCUT2D eigenvalue weighted by atomic mass is 79.9. The van der Waals surface area contributed by atoms with Crippen molar-refractivity contribution in [3.63, 3.8) is 0 Å². The highest BCUT2D eigenvalue weighted by Gasteiger charge is 2.12. The SMILES string of the molecule is COc1cc(CCCN2CCOCC2)c(OC)cc1Br. The van der Waals surface area contributed by atoms with E-state index in [0.29, 0.717) is 0 Å². The van der Waals surface area contributed by atoms with Crippen LogP contribution in [0.25, 0.3) is 0 Å². The van der Waals surface area contributed by atoms with Crippen LogP contribution in [-0.2, 0) is 11.2 Å². The van der Waals surface area contributed by atoms with E-state index < -0.39 is 0 Å². The second-order valence-corrected chi connectivity index (χ2v) is 5.71. The van der Waals surface area contributed by atoms with E-state index in [1.54, 1.807) is 14.2 Å². The summed E-state index contributed by atoms with van der Waals surface area (Å²) in [7, 11) is 3.39. The molecular weight excluding hydrogens is 322 g/mol. The molecule has 0 N–H and O–H groups in total. The van der Waals surface area contributed by atoms with Gasteiger partial charge in [0.25, 0.3) is 0 Å². The number of aryl methyl sites for hydroxylation is 1. The number of ether oxygens (including phenoxy) is 3. The van der Waals surface area contributed by atoms with Crippen molar-refractivity contribution in [3.05, 3.63) is 22.2 Å². The molecule has 2 rings (SSSR count). The zero-order valence-corrected chi connectivity index (χ0v) is 13.7. The molecule has 0 aromatic heterocycles. The minimum Gasteiger partial charge on any atom is -0.496 e. The van der Waals surface area contributed by atoms with Gasteiger partial charge in [0, 0.05) is 13.1 Å². The Morgan fingerprint density at radius 3 is 2.50 bits per heavy atom. The molecule has 20 heavy (non-hydrogen) atoms. The first-order chi connectivity index (χ1) is 9.74. The van der Waals surface area contributed by atoms with Crippen molar-refractivity contribution in [1.82, 2.24) is 4.90 Å². The third-order valence-electron chi connectivity index (χ3n) is 3.58. The molecule has 0 saturated carbocycles. The molecule has 0 unspecified atom stereocenters. The van der Waals surface area contributed by atoms with E-state index in [9.17, 15) is 0 Å². The predicted molar refractivity (Wildman–Crippen MR) is 82.8 cm³/mol. The Labute approximate surface area is 129 Å². The van der Waals surface area contributed by atoms with Gasteiger partial charge in [0.1, 0.15) is 11.5 Å². The van der Waals surface area contributed by atoms with Crippen molar-refractivity contribution in [1.29, 1.82) is 0 Å². The van der Waals surface area contributed by atoms with Crippen LogP contribution in [0.1, 0.15) is 12.0 Å². The van der Waals surface area contributed by atoms with Crippen molar-refractivity contribution in [2.45, 2.75) is 12.8 Å². The van der Waals surface area contributed by atoms with Crippen molar-refractivity contribution in [3.8, 4) is 11.5 Å². The fourth-order valence-electron chi connectivity index (χ4n) is 2.44. The highest BCUT2D eigenvalue weighted by Crippen LogP contribution is 2.33. The molecule has 4 nitrogen and oxygen atoms in total. The lowest BCUT2D eigenvalue weighted by Gasteiger charge is -2.26. The summed E-state index contributed by atoms with van der Waals surface area (Å²) in [6, 6.07) is 4.03. The van der Waals surface area contributed by atoms with Crippen LogP contribution in [0.2, 0.25) is 0 Å². The molecule has 1 fully saturated rings. The average molecular weight is 344 g/mol. The van der Waals surface area contributed by atoms with Crippen LogP contribution in [0.15, 0.2) is 16.6 Å². The highest BCUT2D eigenvalue weighted by molar-refractivity contribution is 9.10. The molecule has 0 spiro atoms. The summed E-state index contributed by atoms with van der Waals surface area (Å²) >= 11 is 3.49. The molecule has 112 valence electrons. The lowest BCUT2D eigenvalue weighted by atomic mass is 10.1. The van der Waals surface area contributed by atoms with Crippen molar-refractivity contribution < 1.29 is 14.2 Å². The molecule has 0 aliphatic carbocycles. The number of morpholine rings is 1. The van der Waals surface area contributed by atoms with E-state index in [1.807, 2.05) is 6.07 Å². The summed E-state index contributed by atoms with van der Waals surface area (Å²) in [5, 5.41) is 0. The Bertz CT molecular complexity index is 433. The summed E-state index contributed by atoms with van der Waals surface area (Å²) < 4.78 is 17.1.